The second kappa shape index (κ2) is 5.22. The van der Waals surface area contributed by atoms with Gasteiger partial charge in [-0.1, -0.05) is 12.8 Å². The maximum atomic E-state index is 10.2. The van der Waals surface area contributed by atoms with E-state index in [1.165, 1.54) is 19.3 Å². The lowest BCUT2D eigenvalue weighted by Crippen LogP contribution is -2.27. The molecule has 13 heavy (non-hydrogen) atoms. The van der Waals surface area contributed by atoms with Crippen LogP contribution in [0.1, 0.15) is 39.0 Å². The van der Waals surface area contributed by atoms with Crippen molar-refractivity contribution in [2.45, 2.75) is 45.1 Å². The Kier molecular flexibility index (Phi) is 4.22. The normalized spacial score (nSPS) is 18.5. The van der Waals surface area contributed by atoms with E-state index in [1.807, 2.05) is 0 Å². The van der Waals surface area contributed by atoms with Crippen molar-refractivity contribution in [3.8, 4) is 0 Å². The number of carboxylic acids is 1. The standard InChI is InChI=1S/C10H19NO2/c1-8(7-9-4-5-9)11-6-2-3-10(12)13/h8-9,11H,2-7H2,1H3,(H,12,13). The summed E-state index contributed by atoms with van der Waals surface area (Å²) < 4.78 is 0. The molecular weight excluding hydrogens is 166 g/mol. The topological polar surface area (TPSA) is 49.3 Å². The van der Waals surface area contributed by atoms with E-state index in [2.05, 4.69) is 12.2 Å². The molecule has 0 heterocycles. The molecule has 1 atom stereocenters. The van der Waals surface area contributed by atoms with Gasteiger partial charge in [0.15, 0.2) is 0 Å². The first kappa shape index (κ1) is 10.5. The highest BCUT2D eigenvalue weighted by Gasteiger charge is 2.22. The maximum absolute atomic E-state index is 10.2. The fraction of sp³-hybridized carbons (Fsp3) is 0.900. The molecule has 3 nitrogen and oxygen atoms in total. The zero-order chi connectivity index (χ0) is 9.68. The second-order valence-corrected chi connectivity index (χ2v) is 4.03. The van der Waals surface area contributed by atoms with Gasteiger partial charge in [0.1, 0.15) is 0 Å². The average molecular weight is 185 g/mol. The highest BCUT2D eigenvalue weighted by molar-refractivity contribution is 5.66. The summed E-state index contributed by atoms with van der Waals surface area (Å²) in [6.07, 6.45) is 5.06. The molecule has 1 rings (SSSR count). The highest BCUT2D eigenvalue weighted by Crippen LogP contribution is 2.33. The summed E-state index contributed by atoms with van der Waals surface area (Å²) in [6.45, 7) is 3.01. The van der Waals surface area contributed by atoms with E-state index in [9.17, 15) is 4.79 Å². The summed E-state index contributed by atoms with van der Waals surface area (Å²) in [5.41, 5.74) is 0. The van der Waals surface area contributed by atoms with Gasteiger partial charge < -0.3 is 10.4 Å². The Morgan fingerprint density at radius 2 is 2.31 bits per heavy atom. The van der Waals surface area contributed by atoms with E-state index in [4.69, 9.17) is 5.11 Å². The van der Waals surface area contributed by atoms with Crippen LogP contribution in [0.2, 0.25) is 0 Å². The zero-order valence-corrected chi connectivity index (χ0v) is 8.25. The minimum absolute atomic E-state index is 0.281. The lowest BCUT2D eigenvalue weighted by molar-refractivity contribution is -0.137. The van der Waals surface area contributed by atoms with E-state index in [1.54, 1.807) is 0 Å². The summed E-state index contributed by atoms with van der Waals surface area (Å²) in [4.78, 5) is 10.2. The predicted octanol–water partition coefficient (Wildman–Crippen LogP) is 1.63. The molecule has 76 valence electrons. The van der Waals surface area contributed by atoms with Crippen LogP contribution in [0.4, 0.5) is 0 Å². The molecule has 0 amide bonds. The summed E-state index contributed by atoms with van der Waals surface area (Å²) in [7, 11) is 0. The van der Waals surface area contributed by atoms with Crippen LogP contribution in [0.5, 0.6) is 0 Å². The number of carbonyl (C=O) groups is 1. The van der Waals surface area contributed by atoms with Crippen molar-refractivity contribution in [2.75, 3.05) is 6.54 Å². The molecule has 0 aliphatic heterocycles. The van der Waals surface area contributed by atoms with Crippen molar-refractivity contribution in [3.63, 3.8) is 0 Å². The van der Waals surface area contributed by atoms with Gasteiger partial charge >= 0.3 is 5.97 Å². The molecule has 0 spiro atoms. The quantitative estimate of drug-likeness (QED) is 0.593. The number of aliphatic carboxylic acids is 1. The molecule has 1 unspecified atom stereocenters. The summed E-state index contributed by atoms with van der Waals surface area (Å²) in [5, 5.41) is 11.8. The monoisotopic (exact) mass is 185 g/mol. The average Bonchev–Trinajstić information content (AvgIpc) is 2.81. The van der Waals surface area contributed by atoms with Gasteiger partial charge in [0.2, 0.25) is 0 Å². The Morgan fingerprint density at radius 1 is 1.62 bits per heavy atom. The van der Waals surface area contributed by atoms with Gasteiger partial charge in [0.05, 0.1) is 0 Å². The molecule has 2 N–H and O–H groups in total. The molecule has 0 bridgehead atoms. The first-order chi connectivity index (χ1) is 6.18. The van der Waals surface area contributed by atoms with Crippen molar-refractivity contribution in [2.24, 2.45) is 5.92 Å². The van der Waals surface area contributed by atoms with E-state index >= 15 is 0 Å². The predicted molar refractivity (Wildman–Crippen MR) is 51.7 cm³/mol. The Morgan fingerprint density at radius 3 is 2.85 bits per heavy atom. The van der Waals surface area contributed by atoms with Gasteiger partial charge in [-0.3, -0.25) is 4.79 Å². The number of nitrogens with one attached hydrogen (secondary N) is 1. The van der Waals surface area contributed by atoms with Gasteiger partial charge in [0, 0.05) is 12.5 Å². The molecule has 0 aromatic rings. The van der Waals surface area contributed by atoms with E-state index in [0.717, 1.165) is 18.9 Å². The Balaban J connectivity index is 1.88. The Hall–Kier alpha value is -0.570. The van der Waals surface area contributed by atoms with Gasteiger partial charge in [0.25, 0.3) is 0 Å². The van der Waals surface area contributed by atoms with Crippen LogP contribution in [-0.2, 0) is 4.79 Å². The van der Waals surface area contributed by atoms with Crippen molar-refractivity contribution in [1.82, 2.24) is 5.32 Å². The molecule has 0 radical (unpaired) electrons. The smallest absolute Gasteiger partial charge is 0.303 e. The minimum Gasteiger partial charge on any atom is -0.481 e. The molecule has 0 saturated heterocycles. The lowest BCUT2D eigenvalue weighted by atomic mass is 10.1. The molecule has 1 fully saturated rings. The first-order valence-electron chi connectivity index (χ1n) is 5.13. The third-order valence-corrected chi connectivity index (χ3v) is 2.44. The fourth-order valence-electron chi connectivity index (χ4n) is 1.52. The summed E-state index contributed by atoms with van der Waals surface area (Å²) in [6, 6.07) is 0.557. The largest absolute Gasteiger partial charge is 0.481 e. The first-order valence-corrected chi connectivity index (χ1v) is 5.13. The van der Waals surface area contributed by atoms with Gasteiger partial charge in [-0.15, -0.1) is 0 Å². The molecule has 1 aliphatic rings. The molecule has 0 aromatic heterocycles. The van der Waals surface area contributed by atoms with Crippen LogP contribution in [0.15, 0.2) is 0 Å². The molecule has 1 aliphatic carbocycles. The highest BCUT2D eigenvalue weighted by atomic mass is 16.4. The van der Waals surface area contributed by atoms with Gasteiger partial charge in [-0.25, -0.2) is 0 Å². The van der Waals surface area contributed by atoms with Crippen LogP contribution in [0.25, 0.3) is 0 Å². The number of carboxylic acid groups (broad SMARTS) is 1. The third kappa shape index (κ3) is 5.64. The SMILES string of the molecule is CC(CC1CC1)NCCCC(=O)O. The van der Waals surface area contributed by atoms with Crippen molar-refractivity contribution in [1.29, 1.82) is 0 Å². The van der Waals surface area contributed by atoms with Gasteiger partial charge in [-0.05, 0) is 32.2 Å². The van der Waals surface area contributed by atoms with E-state index in [0.29, 0.717) is 6.04 Å². The van der Waals surface area contributed by atoms with Crippen LogP contribution < -0.4 is 5.32 Å². The molecular formula is C10H19NO2. The molecule has 0 aromatic carbocycles. The lowest BCUT2D eigenvalue weighted by Gasteiger charge is -2.12. The second-order valence-electron chi connectivity index (χ2n) is 4.03. The van der Waals surface area contributed by atoms with Crippen molar-refractivity contribution < 1.29 is 9.90 Å². The zero-order valence-electron chi connectivity index (χ0n) is 8.25. The fourth-order valence-corrected chi connectivity index (χ4v) is 1.52. The molecule has 3 heteroatoms. The number of hydrogen-bond acceptors (Lipinski definition) is 2. The summed E-state index contributed by atoms with van der Waals surface area (Å²) in [5.74, 6) is 0.249. The van der Waals surface area contributed by atoms with Crippen LogP contribution in [-0.4, -0.2) is 23.7 Å². The van der Waals surface area contributed by atoms with Crippen LogP contribution in [0, 0.1) is 5.92 Å². The van der Waals surface area contributed by atoms with Gasteiger partial charge in [-0.2, -0.15) is 0 Å². The van der Waals surface area contributed by atoms with Crippen molar-refractivity contribution >= 4 is 5.97 Å². The van der Waals surface area contributed by atoms with E-state index in [-0.39, 0.29) is 6.42 Å². The minimum atomic E-state index is -0.698. The van der Waals surface area contributed by atoms with Crippen LogP contribution in [0.3, 0.4) is 0 Å². The van der Waals surface area contributed by atoms with E-state index < -0.39 is 5.97 Å². The Labute approximate surface area is 79.5 Å². The molecule has 1 saturated carbocycles. The number of hydrogen-bond donors (Lipinski definition) is 2. The Bertz CT molecular complexity index is 166. The third-order valence-electron chi connectivity index (χ3n) is 2.44. The maximum Gasteiger partial charge on any atom is 0.303 e. The van der Waals surface area contributed by atoms with Crippen molar-refractivity contribution in [3.05, 3.63) is 0 Å². The van der Waals surface area contributed by atoms with Crippen LogP contribution >= 0.6 is 0 Å². The number of rotatable bonds is 7. The summed E-state index contributed by atoms with van der Waals surface area (Å²) >= 11 is 0.